The molecule has 0 atom stereocenters. The number of carbonyl (C=O) groups excluding carboxylic acids is 1. The number of aromatic nitrogens is 3. The molecule has 4 rings (SSSR count). The number of amides is 1. The van der Waals surface area contributed by atoms with Gasteiger partial charge in [-0.1, -0.05) is 31.4 Å². The van der Waals surface area contributed by atoms with E-state index >= 15 is 0 Å². The summed E-state index contributed by atoms with van der Waals surface area (Å²) in [6.07, 6.45) is 8.92. The molecule has 1 amide bonds. The zero-order valence-corrected chi connectivity index (χ0v) is 15.0. The molecule has 7 heteroatoms. The van der Waals surface area contributed by atoms with Crippen LogP contribution in [0.1, 0.15) is 48.0 Å². The molecule has 27 heavy (non-hydrogen) atoms. The first-order valence-corrected chi connectivity index (χ1v) is 9.32. The van der Waals surface area contributed by atoms with Crippen LogP contribution in [0.3, 0.4) is 0 Å². The summed E-state index contributed by atoms with van der Waals surface area (Å²) in [5.41, 5.74) is 1.79. The van der Waals surface area contributed by atoms with Gasteiger partial charge in [-0.3, -0.25) is 4.79 Å². The third-order valence-corrected chi connectivity index (χ3v) is 4.92. The Bertz CT molecular complexity index is 948. The van der Waals surface area contributed by atoms with Crippen LogP contribution in [-0.4, -0.2) is 26.5 Å². The summed E-state index contributed by atoms with van der Waals surface area (Å²) in [7, 11) is 0. The maximum Gasteiger partial charge on any atom is 0.256 e. The van der Waals surface area contributed by atoms with Gasteiger partial charge in [0.25, 0.3) is 5.91 Å². The molecule has 1 aliphatic rings. The lowest BCUT2D eigenvalue weighted by Gasteiger charge is -2.22. The molecule has 6 nitrogen and oxygen atoms in total. The first kappa shape index (κ1) is 17.5. The second-order valence-electron chi connectivity index (χ2n) is 6.93. The molecule has 1 fully saturated rings. The third kappa shape index (κ3) is 4.07. The van der Waals surface area contributed by atoms with Gasteiger partial charge in [-0.2, -0.15) is 5.10 Å². The molecule has 140 valence electrons. The minimum absolute atomic E-state index is 0.133. The fraction of sp³-hybridized carbons (Fsp3) is 0.350. The van der Waals surface area contributed by atoms with Gasteiger partial charge in [-0.05, 0) is 36.6 Å². The van der Waals surface area contributed by atoms with E-state index in [4.69, 9.17) is 0 Å². The fourth-order valence-corrected chi connectivity index (χ4v) is 3.48. The smallest absolute Gasteiger partial charge is 0.256 e. The van der Waals surface area contributed by atoms with Crippen molar-refractivity contribution < 1.29 is 9.18 Å². The monoisotopic (exact) mass is 367 g/mol. The van der Waals surface area contributed by atoms with Crippen molar-refractivity contribution in [1.82, 2.24) is 19.9 Å². The van der Waals surface area contributed by atoms with Crippen molar-refractivity contribution in [2.45, 2.75) is 44.7 Å². The Hall–Kier alpha value is -2.96. The summed E-state index contributed by atoms with van der Waals surface area (Å²) in [6.45, 7) is 0.443. The lowest BCUT2D eigenvalue weighted by molar-refractivity contribution is 0.0929. The van der Waals surface area contributed by atoms with Crippen molar-refractivity contribution in [2.24, 2.45) is 0 Å². The summed E-state index contributed by atoms with van der Waals surface area (Å²) in [4.78, 5) is 17.2. The minimum atomic E-state index is -0.268. The second kappa shape index (κ2) is 7.73. The van der Waals surface area contributed by atoms with E-state index in [1.165, 1.54) is 18.6 Å². The quantitative estimate of drug-likeness (QED) is 0.724. The van der Waals surface area contributed by atoms with Gasteiger partial charge in [-0.25, -0.2) is 13.9 Å². The molecule has 1 aliphatic carbocycles. The van der Waals surface area contributed by atoms with Gasteiger partial charge < -0.3 is 10.6 Å². The van der Waals surface area contributed by atoms with Gasteiger partial charge in [0.15, 0.2) is 5.65 Å². The van der Waals surface area contributed by atoms with Crippen LogP contribution in [0.25, 0.3) is 5.65 Å². The van der Waals surface area contributed by atoms with Crippen molar-refractivity contribution in [3.8, 4) is 0 Å². The largest absolute Gasteiger partial charge is 0.366 e. The van der Waals surface area contributed by atoms with E-state index in [1.54, 1.807) is 29.0 Å². The summed E-state index contributed by atoms with van der Waals surface area (Å²) in [5.74, 6) is 0.209. The summed E-state index contributed by atoms with van der Waals surface area (Å²) in [5, 5.41) is 10.5. The van der Waals surface area contributed by atoms with Crippen LogP contribution in [0.5, 0.6) is 0 Å². The molecule has 1 aromatic carbocycles. The topological polar surface area (TPSA) is 71.3 Å². The molecule has 0 aliphatic heterocycles. The number of nitrogens with zero attached hydrogens (tertiary/aromatic N) is 3. The van der Waals surface area contributed by atoms with Crippen molar-refractivity contribution in [1.29, 1.82) is 0 Å². The maximum absolute atomic E-state index is 13.3. The van der Waals surface area contributed by atoms with E-state index in [9.17, 15) is 9.18 Å². The van der Waals surface area contributed by atoms with Crippen LogP contribution in [0.2, 0.25) is 0 Å². The van der Waals surface area contributed by atoms with Gasteiger partial charge >= 0.3 is 0 Å². The first-order valence-electron chi connectivity index (χ1n) is 9.32. The van der Waals surface area contributed by atoms with Gasteiger partial charge in [0.1, 0.15) is 17.2 Å². The van der Waals surface area contributed by atoms with Crippen molar-refractivity contribution in [3.05, 3.63) is 59.7 Å². The number of nitrogens with one attached hydrogen (secondary N) is 2. The Kier molecular flexibility index (Phi) is 5.00. The zero-order chi connectivity index (χ0) is 18.6. The van der Waals surface area contributed by atoms with Crippen LogP contribution in [0.15, 0.2) is 42.7 Å². The molecule has 0 spiro atoms. The predicted octanol–water partition coefficient (Wildman–Crippen LogP) is 3.54. The molecule has 0 saturated heterocycles. The Morgan fingerprint density at radius 3 is 2.89 bits per heavy atom. The van der Waals surface area contributed by atoms with Crippen LogP contribution in [-0.2, 0) is 6.54 Å². The molecule has 0 radical (unpaired) electrons. The highest BCUT2D eigenvalue weighted by Gasteiger charge is 2.20. The number of rotatable bonds is 5. The van der Waals surface area contributed by atoms with Crippen LogP contribution in [0, 0.1) is 5.82 Å². The second-order valence-corrected chi connectivity index (χ2v) is 6.93. The lowest BCUT2D eigenvalue weighted by Crippen LogP contribution is -2.36. The number of halogens is 1. The Balaban J connectivity index is 1.49. The molecule has 2 N–H and O–H groups in total. The number of fused-ring (bicyclic) bond motifs is 1. The predicted molar refractivity (Wildman–Crippen MR) is 101 cm³/mol. The Morgan fingerprint density at radius 1 is 1.22 bits per heavy atom. The third-order valence-electron chi connectivity index (χ3n) is 4.92. The van der Waals surface area contributed by atoms with Crippen LogP contribution in [0.4, 0.5) is 10.2 Å². The highest BCUT2D eigenvalue weighted by Crippen LogP contribution is 2.19. The SMILES string of the molecule is O=C(NC1CCCCC1)c1cnn2ccc(NCc3cccc(F)c3)nc12. The molecular weight excluding hydrogens is 345 g/mol. The van der Waals surface area contributed by atoms with E-state index in [0.29, 0.717) is 23.6 Å². The average Bonchev–Trinajstić information content (AvgIpc) is 3.10. The van der Waals surface area contributed by atoms with Crippen molar-refractivity contribution in [3.63, 3.8) is 0 Å². The van der Waals surface area contributed by atoms with Gasteiger partial charge in [0.05, 0.1) is 6.20 Å². The zero-order valence-electron chi connectivity index (χ0n) is 15.0. The van der Waals surface area contributed by atoms with Gasteiger partial charge in [-0.15, -0.1) is 0 Å². The summed E-state index contributed by atoms with van der Waals surface area (Å²) >= 11 is 0. The minimum Gasteiger partial charge on any atom is -0.366 e. The molecule has 2 aromatic heterocycles. The molecule has 1 saturated carbocycles. The molecule has 0 bridgehead atoms. The Morgan fingerprint density at radius 2 is 2.07 bits per heavy atom. The highest BCUT2D eigenvalue weighted by molar-refractivity contribution is 5.99. The lowest BCUT2D eigenvalue weighted by atomic mass is 9.95. The average molecular weight is 367 g/mol. The Labute approximate surface area is 156 Å². The summed E-state index contributed by atoms with van der Waals surface area (Å²) in [6, 6.07) is 8.42. The van der Waals surface area contributed by atoms with E-state index in [0.717, 1.165) is 31.2 Å². The van der Waals surface area contributed by atoms with E-state index in [2.05, 4.69) is 20.7 Å². The van der Waals surface area contributed by atoms with E-state index in [1.807, 2.05) is 6.07 Å². The number of benzene rings is 1. The molecule has 3 aromatic rings. The number of carbonyl (C=O) groups is 1. The fourth-order valence-electron chi connectivity index (χ4n) is 3.48. The number of hydrogen-bond donors (Lipinski definition) is 2. The maximum atomic E-state index is 13.3. The van der Waals surface area contributed by atoms with Crippen molar-refractivity contribution in [2.75, 3.05) is 5.32 Å². The molecule has 0 unspecified atom stereocenters. The number of hydrogen-bond acceptors (Lipinski definition) is 4. The van der Waals surface area contributed by atoms with E-state index < -0.39 is 0 Å². The van der Waals surface area contributed by atoms with Crippen LogP contribution < -0.4 is 10.6 Å². The first-order chi connectivity index (χ1) is 13.2. The molecule has 2 heterocycles. The van der Waals surface area contributed by atoms with Crippen molar-refractivity contribution >= 4 is 17.4 Å². The van der Waals surface area contributed by atoms with Gasteiger partial charge in [0, 0.05) is 18.8 Å². The van der Waals surface area contributed by atoms with Crippen LogP contribution >= 0.6 is 0 Å². The standard InChI is InChI=1S/C20H22FN5O/c21-15-6-4-5-14(11-15)12-22-18-9-10-26-19(25-18)17(13-23-26)20(27)24-16-7-2-1-3-8-16/h4-6,9-11,13,16H,1-3,7-8,12H2,(H,22,25)(H,24,27). The number of anilines is 1. The summed E-state index contributed by atoms with van der Waals surface area (Å²) < 4.78 is 14.9. The molecular formula is C20H22FN5O. The van der Waals surface area contributed by atoms with Gasteiger partial charge in [0.2, 0.25) is 0 Å². The normalized spacial score (nSPS) is 15.0. The highest BCUT2D eigenvalue weighted by atomic mass is 19.1. The van der Waals surface area contributed by atoms with E-state index in [-0.39, 0.29) is 17.8 Å².